The van der Waals surface area contributed by atoms with Gasteiger partial charge in [-0.05, 0) is 71.6 Å². The number of benzene rings is 1. The SMILES string of the molecule is NCC1CCC(CN(Cc2ccccc2Br)c2ncc(Br)c(N)n2)CC1. The maximum absolute atomic E-state index is 6.00. The van der Waals surface area contributed by atoms with Crippen LogP contribution < -0.4 is 16.4 Å². The highest BCUT2D eigenvalue weighted by Crippen LogP contribution is 2.31. The van der Waals surface area contributed by atoms with Gasteiger partial charge in [0, 0.05) is 23.8 Å². The molecule has 140 valence electrons. The quantitative estimate of drug-likeness (QED) is 0.639. The standard InChI is InChI=1S/C19H25Br2N5/c20-16-4-2-1-3-15(16)12-26(19-24-10-17(21)18(23)25-19)11-14-7-5-13(9-22)6-8-14/h1-4,10,13-14H,5-9,11-12,22H2,(H2,23,24,25). The Labute approximate surface area is 171 Å². The predicted octanol–water partition coefficient (Wildman–Crippen LogP) is 4.36. The Morgan fingerprint density at radius 1 is 1.04 bits per heavy atom. The summed E-state index contributed by atoms with van der Waals surface area (Å²) in [6.07, 6.45) is 6.58. The maximum atomic E-state index is 6.00. The molecule has 1 fully saturated rings. The molecule has 1 saturated carbocycles. The van der Waals surface area contributed by atoms with Crippen molar-refractivity contribution in [1.82, 2.24) is 9.97 Å². The number of nitrogens with zero attached hydrogens (tertiary/aromatic N) is 3. The van der Waals surface area contributed by atoms with Crippen molar-refractivity contribution in [2.24, 2.45) is 17.6 Å². The molecule has 1 heterocycles. The monoisotopic (exact) mass is 481 g/mol. The molecule has 0 aliphatic heterocycles. The van der Waals surface area contributed by atoms with Crippen LogP contribution in [0, 0.1) is 11.8 Å². The Morgan fingerprint density at radius 2 is 1.73 bits per heavy atom. The van der Waals surface area contributed by atoms with Gasteiger partial charge in [0.05, 0.1) is 4.47 Å². The van der Waals surface area contributed by atoms with Gasteiger partial charge in [0.15, 0.2) is 0 Å². The van der Waals surface area contributed by atoms with E-state index in [2.05, 4.69) is 64.9 Å². The molecule has 1 aliphatic rings. The highest BCUT2D eigenvalue weighted by molar-refractivity contribution is 9.10. The van der Waals surface area contributed by atoms with Crippen molar-refractivity contribution in [2.75, 3.05) is 23.7 Å². The van der Waals surface area contributed by atoms with Crippen molar-refractivity contribution in [3.8, 4) is 0 Å². The molecule has 0 radical (unpaired) electrons. The van der Waals surface area contributed by atoms with Crippen LogP contribution in [0.4, 0.5) is 11.8 Å². The summed E-state index contributed by atoms with van der Waals surface area (Å²) in [5, 5.41) is 0. The van der Waals surface area contributed by atoms with Crippen molar-refractivity contribution in [1.29, 1.82) is 0 Å². The number of hydrogen-bond acceptors (Lipinski definition) is 5. The first-order valence-electron chi connectivity index (χ1n) is 9.03. The fraction of sp³-hybridized carbons (Fsp3) is 0.474. The summed E-state index contributed by atoms with van der Waals surface area (Å²) >= 11 is 7.03. The molecule has 0 saturated heterocycles. The van der Waals surface area contributed by atoms with Gasteiger partial charge >= 0.3 is 0 Å². The molecule has 5 nitrogen and oxygen atoms in total. The number of hydrogen-bond donors (Lipinski definition) is 2. The Balaban J connectivity index is 1.79. The summed E-state index contributed by atoms with van der Waals surface area (Å²) < 4.78 is 1.83. The van der Waals surface area contributed by atoms with Gasteiger partial charge in [-0.1, -0.05) is 34.1 Å². The lowest BCUT2D eigenvalue weighted by atomic mass is 9.82. The first-order chi connectivity index (χ1) is 12.6. The molecule has 7 heteroatoms. The van der Waals surface area contributed by atoms with E-state index in [-0.39, 0.29) is 0 Å². The van der Waals surface area contributed by atoms with Crippen molar-refractivity contribution in [3.05, 3.63) is 45.0 Å². The highest BCUT2D eigenvalue weighted by atomic mass is 79.9. The van der Waals surface area contributed by atoms with E-state index in [0.717, 1.165) is 28.6 Å². The predicted molar refractivity (Wildman–Crippen MR) is 114 cm³/mol. The maximum Gasteiger partial charge on any atom is 0.227 e. The first-order valence-corrected chi connectivity index (χ1v) is 10.6. The fourth-order valence-corrected chi connectivity index (χ4v) is 4.13. The van der Waals surface area contributed by atoms with E-state index in [1.165, 1.54) is 31.2 Å². The van der Waals surface area contributed by atoms with E-state index in [4.69, 9.17) is 11.5 Å². The molecule has 1 aliphatic carbocycles. The minimum atomic E-state index is 0.471. The molecular formula is C19H25Br2N5. The highest BCUT2D eigenvalue weighted by Gasteiger charge is 2.24. The first kappa shape index (κ1) is 19.6. The van der Waals surface area contributed by atoms with Crippen LogP contribution in [0.2, 0.25) is 0 Å². The van der Waals surface area contributed by atoms with Crippen LogP contribution in [0.3, 0.4) is 0 Å². The zero-order chi connectivity index (χ0) is 18.5. The molecule has 1 aromatic heterocycles. The van der Waals surface area contributed by atoms with Gasteiger partial charge in [-0.2, -0.15) is 4.98 Å². The van der Waals surface area contributed by atoms with Gasteiger partial charge in [-0.25, -0.2) is 4.98 Å². The topological polar surface area (TPSA) is 81.1 Å². The van der Waals surface area contributed by atoms with Gasteiger partial charge in [0.2, 0.25) is 5.95 Å². The molecule has 0 unspecified atom stereocenters. The lowest BCUT2D eigenvalue weighted by molar-refractivity contribution is 0.280. The molecular weight excluding hydrogens is 458 g/mol. The fourth-order valence-electron chi connectivity index (χ4n) is 3.53. The average Bonchev–Trinajstić information content (AvgIpc) is 2.66. The molecule has 0 atom stereocenters. The lowest BCUT2D eigenvalue weighted by Crippen LogP contribution is -2.33. The van der Waals surface area contributed by atoms with Crippen molar-refractivity contribution in [3.63, 3.8) is 0 Å². The van der Waals surface area contributed by atoms with Gasteiger partial charge in [0.25, 0.3) is 0 Å². The van der Waals surface area contributed by atoms with Crippen molar-refractivity contribution >= 4 is 43.6 Å². The summed E-state index contributed by atoms with van der Waals surface area (Å²) in [7, 11) is 0. The summed E-state index contributed by atoms with van der Waals surface area (Å²) in [5.74, 6) is 2.47. The number of nitrogen functional groups attached to an aromatic ring is 1. The molecule has 3 rings (SSSR count). The summed E-state index contributed by atoms with van der Waals surface area (Å²) in [5.41, 5.74) is 13.1. The molecule has 0 bridgehead atoms. The molecule has 2 aromatic rings. The second-order valence-corrected chi connectivity index (χ2v) is 8.71. The number of anilines is 2. The zero-order valence-corrected chi connectivity index (χ0v) is 17.9. The third-order valence-electron chi connectivity index (χ3n) is 5.14. The molecule has 26 heavy (non-hydrogen) atoms. The Kier molecular flexibility index (Phi) is 6.89. The van der Waals surface area contributed by atoms with E-state index in [1.54, 1.807) is 6.20 Å². The van der Waals surface area contributed by atoms with Crippen LogP contribution in [0.1, 0.15) is 31.2 Å². The normalized spacial score (nSPS) is 20.1. The lowest BCUT2D eigenvalue weighted by Gasteiger charge is -2.32. The number of halogens is 2. The van der Waals surface area contributed by atoms with Crippen LogP contribution in [0.5, 0.6) is 0 Å². The van der Waals surface area contributed by atoms with Gasteiger partial charge in [0.1, 0.15) is 5.82 Å². The van der Waals surface area contributed by atoms with E-state index in [9.17, 15) is 0 Å². The zero-order valence-electron chi connectivity index (χ0n) is 14.7. The van der Waals surface area contributed by atoms with Gasteiger partial charge in [-0.15, -0.1) is 0 Å². The van der Waals surface area contributed by atoms with E-state index in [0.29, 0.717) is 23.6 Å². The molecule has 0 amide bonds. The van der Waals surface area contributed by atoms with E-state index < -0.39 is 0 Å². The summed E-state index contributed by atoms with van der Waals surface area (Å²) in [6, 6.07) is 8.28. The molecule has 1 aromatic carbocycles. The van der Waals surface area contributed by atoms with Crippen LogP contribution in [-0.2, 0) is 6.54 Å². The average molecular weight is 483 g/mol. The third-order valence-corrected chi connectivity index (χ3v) is 6.52. The van der Waals surface area contributed by atoms with Crippen molar-refractivity contribution < 1.29 is 0 Å². The summed E-state index contributed by atoms with van der Waals surface area (Å²) in [4.78, 5) is 11.3. The van der Waals surface area contributed by atoms with E-state index >= 15 is 0 Å². The van der Waals surface area contributed by atoms with E-state index in [1.807, 2.05) is 6.07 Å². The van der Waals surface area contributed by atoms with Crippen LogP contribution >= 0.6 is 31.9 Å². The van der Waals surface area contributed by atoms with Crippen molar-refractivity contribution in [2.45, 2.75) is 32.2 Å². The minimum Gasteiger partial charge on any atom is -0.383 e. The Hall–Kier alpha value is -1.18. The Bertz CT molecular complexity index is 732. The molecule has 4 N–H and O–H groups in total. The second kappa shape index (κ2) is 9.15. The number of aromatic nitrogens is 2. The summed E-state index contributed by atoms with van der Waals surface area (Å²) in [6.45, 7) is 2.48. The van der Waals surface area contributed by atoms with Gasteiger partial charge in [-0.3, -0.25) is 0 Å². The minimum absolute atomic E-state index is 0.471. The largest absolute Gasteiger partial charge is 0.383 e. The number of rotatable bonds is 6. The second-order valence-electron chi connectivity index (χ2n) is 7.00. The number of nitrogens with two attached hydrogens (primary N) is 2. The Morgan fingerprint density at radius 3 is 2.38 bits per heavy atom. The van der Waals surface area contributed by atoms with Gasteiger partial charge < -0.3 is 16.4 Å². The van der Waals surface area contributed by atoms with Crippen LogP contribution in [0.25, 0.3) is 0 Å². The smallest absolute Gasteiger partial charge is 0.227 e. The third kappa shape index (κ3) is 4.96. The van der Waals surface area contributed by atoms with Crippen LogP contribution in [-0.4, -0.2) is 23.1 Å². The molecule has 0 spiro atoms. The van der Waals surface area contributed by atoms with Crippen LogP contribution in [0.15, 0.2) is 39.4 Å².